The molecule has 1 saturated heterocycles. The molecule has 6 nitrogen and oxygen atoms in total. The van der Waals surface area contributed by atoms with Crippen LogP contribution in [0, 0.1) is 0 Å². The monoisotopic (exact) mass is 311 g/mol. The van der Waals surface area contributed by atoms with Crippen molar-refractivity contribution >= 4 is 12.0 Å². The Morgan fingerprint density at radius 3 is 2.55 bits per heavy atom. The Hall–Kier alpha value is -1.30. The Labute approximate surface area is 132 Å². The molecule has 2 amide bonds. The fourth-order valence-corrected chi connectivity index (χ4v) is 2.57. The number of carbonyl (C=O) groups is 2. The average molecular weight is 311 g/mol. The van der Waals surface area contributed by atoms with Crippen molar-refractivity contribution in [2.75, 3.05) is 13.1 Å². The molecule has 2 aliphatic rings. The van der Waals surface area contributed by atoms with Gasteiger partial charge in [-0.3, -0.25) is 4.79 Å². The van der Waals surface area contributed by atoms with Gasteiger partial charge in [0.1, 0.15) is 5.60 Å². The van der Waals surface area contributed by atoms with E-state index in [-0.39, 0.29) is 24.1 Å². The first kappa shape index (κ1) is 17.1. The average Bonchev–Trinajstić information content (AvgIpc) is 3.08. The maximum atomic E-state index is 12.2. The van der Waals surface area contributed by atoms with Crippen molar-refractivity contribution in [3.05, 3.63) is 0 Å². The Balaban J connectivity index is 1.77. The summed E-state index contributed by atoms with van der Waals surface area (Å²) in [6.45, 7) is 8.84. The number of hydrogen-bond donors (Lipinski definition) is 2. The standard InChI is InChI=1S/C16H29N3O3/c1-11(14(20)18-12-7-8-12)17-10-13-6-5-9-19(13)15(21)22-16(2,3)4/h11-13,17H,5-10H2,1-4H3,(H,18,20). The maximum Gasteiger partial charge on any atom is 0.410 e. The van der Waals surface area contributed by atoms with Crippen LogP contribution in [0.2, 0.25) is 0 Å². The van der Waals surface area contributed by atoms with Crippen molar-refractivity contribution < 1.29 is 14.3 Å². The van der Waals surface area contributed by atoms with Gasteiger partial charge in [0, 0.05) is 25.2 Å². The van der Waals surface area contributed by atoms with E-state index in [4.69, 9.17) is 4.74 Å². The van der Waals surface area contributed by atoms with Crippen molar-refractivity contribution in [2.45, 2.75) is 77.1 Å². The zero-order valence-corrected chi connectivity index (χ0v) is 14.1. The van der Waals surface area contributed by atoms with Crippen LogP contribution >= 0.6 is 0 Å². The lowest BCUT2D eigenvalue weighted by Crippen LogP contribution is -2.49. The molecule has 2 unspecified atom stereocenters. The molecule has 0 bridgehead atoms. The third kappa shape index (κ3) is 5.16. The smallest absolute Gasteiger partial charge is 0.410 e. The zero-order chi connectivity index (χ0) is 16.3. The molecule has 2 N–H and O–H groups in total. The van der Waals surface area contributed by atoms with Crippen molar-refractivity contribution in [2.24, 2.45) is 0 Å². The number of nitrogens with zero attached hydrogens (tertiary/aromatic N) is 1. The van der Waals surface area contributed by atoms with Gasteiger partial charge in [0.2, 0.25) is 5.91 Å². The molecule has 1 aliphatic carbocycles. The molecule has 2 rings (SSSR count). The topological polar surface area (TPSA) is 70.7 Å². The molecule has 22 heavy (non-hydrogen) atoms. The highest BCUT2D eigenvalue weighted by atomic mass is 16.6. The molecule has 1 aliphatic heterocycles. The highest BCUT2D eigenvalue weighted by molar-refractivity contribution is 5.81. The summed E-state index contributed by atoms with van der Waals surface area (Å²) in [5.41, 5.74) is -0.477. The van der Waals surface area contributed by atoms with Gasteiger partial charge in [0.15, 0.2) is 0 Å². The van der Waals surface area contributed by atoms with Crippen LogP contribution in [-0.2, 0) is 9.53 Å². The molecule has 126 valence electrons. The fourth-order valence-electron chi connectivity index (χ4n) is 2.57. The molecular formula is C16H29N3O3. The SMILES string of the molecule is CC(NCC1CCCN1C(=O)OC(C)(C)C)C(=O)NC1CC1. The van der Waals surface area contributed by atoms with Gasteiger partial charge in [-0.15, -0.1) is 0 Å². The second-order valence-electron chi connectivity index (χ2n) is 7.38. The Kier molecular flexibility index (Phi) is 5.32. The summed E-state index contributed by atoms with van der Waals surface area (Å²) in [6, 6.07) is 0.245. The second-order valence-corrected chi connectivity index (χ2v) is 7.38. The van der Waals surface area contributed by atoms with Gasteiger partial charge >= 0.3 is 6.09 Å². The Morgan fingerprint density at radius 1 is 1.27 bits per heavy atom. The summed E-state index contributed by atoms with van der Waals surface area (Å²) in [6.07, 6.45) is 3.85. The minimum absolute atomic E-state index is 0.0457. The third-order valence-electron chi connectivity index (χ3n) is 3.98. The largest absolute Gasteiger partial charge is 0.444 e. The molecule has 1 saturated carbocycles. The van der Waals surface area contributed by atoms with Crippen LogP contribution in [0.15, 0.2) is 0 Å². The van der Waals surface area contributed by atoms with E-state index in [2.05, 4.69) is 10.6 Å². The maximum absolute atomic E-state index is 12.2. The number of likely N-dealkylation sites (tertiary alicyclic amines) is 1. The molecule has 0 radical (unpaired) electrons. The van der Waals surface area contributed by atoms with E-state index < -0.39 is 5.60 Å². The summed E-state index contributed by atoms with van der Waals surface area (Å²) in [5.74, 6) is 0.0457. The van der Waals surface area contributed by atoms with Crippen LogP contribution in [0.1, 0.15) is 53.4 Å². The molecule has 2 atom stereocenters. The molecule has 6 heteroatoms. The zero-order valence-electron chi connectivity index (χ0n) is 14.1. The highest BCUT2D eigenvalue weighted by Gasteiger charge is 2.33. The number of hydrogen-bond acceptors (Lipinski definition) is 4. The summed E-state index contributed by atoms with van der Waals surface area (Å²) in [5, 5.41) is 6.23. The summed E-state index contributed by atoms with van der Waals surface area (Å²) >= 11 is 0. The Morgan fingerprint density at radius 2 is 1.95 bits per heavy atom. The van der Waals surface area contributed by atoms with E-state index in [1.807, 2.05) is 27.7 Å². The van der Waals surface area contributed by atoms with Crippen LogP contribution in [0.25, 0.3) is 0 Å². The number of ether oxygens (including phenoxy) is 1. The predicted octanol–water partition coefficient (Wildman–Crippen LogP) is 1.64. The molecule has 0 spiro atoms. The molecule has 0 aromatic heterocycles. The van der Waals surface area contributed by atoms with Gasteiger partial charge in [0.25, 0.3) is 0 Å². The number of rotatable bonds is 5. The minimum atomic E-state index is -0.477. The normalized spacial score (nSPS) is 23.3. The lowest BCUT2D eigenvalue weighted by atomic mass is 10.2. The van der Waals surface area contributed by atoms with E-state index in [0.29, 0.717) is 12.6 Å². The molecule has 0 aromatic carbocycles. The second kappa shape index (κ2) is 6.86. The van der Waals surface area contributed by atoms with Crippen LogP contribution in [0.3, 0.4) is 0 Å². The molecular weight excluding hydrogens is 282 g/mol. The van der Waals surface area contributed by atoms with Gasteiger partial charge < -0.3 is 20.3 Å². The highest BCUT2D eigenvalue weighted by Crippen LogP contribution is 2.21. The van der Waals surface area contributed by atoms with E-state index >= 15 is 0 Å². The minimum Gasteiger partial charge on any atom is -0.444 e. The third-order valence-corrected chi connectivity index (χ3v) is 3.98. The summed E-state index contributed by atoms with van der Waals surface area (Å²) < 4.78 is 5.45. The first-order valence-corrected chi connectivity index (χ1v) is 8.29. The van der Waals surface area contributed by atoms with Gasteiger partial charge in [0.05, 0.1) is 6.04 Å². The van der Waals surface area contributed by atoms with Crippen molar-refractivity contribution in [1.29, 1.82) is 0 Å². The summed E-state index contributed by atoms with van der Waals surface area (Å²) in [4.78, 5) is 25.9. The molecule has 1 heterocycles. The van der Waals surface area contributed by atoms with E-state index in [1.165, 1.54) is 0 Å². The van der Waals surface area contributed by atoms with Crippen LogP contribution in [-0.4, -0.2) is 53.7 Å². The molecule has 2 fully saturated rings. The number of nitrogens with one attached hydrogen (secondary N) is 2. The van der Waals surface area contributed by atoms with Gasteiger partial charge in [-0.1, -0.05) is 0 Å². The van der Waals surface area contributed by atoms with Crippen LogP contribution in [0.5, 0.6) is 0 Å². The van der Waals surface area contributed by atoms with Gasteiger partial charge in [-0.25, -0.2) is 4.79 Å². The van der Waals surface area contributed by atoms with E-state index in [1.54, 1.807) is 4.90 Å². The lowest BCUT2D eigenvalue weighted by molar-refractivity contribution is -0.122. The van der Waals surface area contributed by atoms with Gasteiger partial charge in [-0.05, 0) is 53.4 Å². The fraction of sp³-hybridized carbons (Fsp3) is 0.875. The van der Waals surface area contributed by atoms with E-state index in [9.17, 15) is 9.59 Å². The molecule has 0 aromatic rings. The predicted molar refractivity (Wildman–Crippen MR) is 84.6 cm³/mol. The van der Waals surface area contributed by atoms with Crippen molar-refractivity contribution in [1.82, 2.24) is 15.5 Å². The van der Waals surface area contributed by atoms with Gasteiger partial charge in [-0.2, -0.15) is 0 Å². The van der Waals surface area contributed by atoms with Crippen molar-refractivity contribution in [3.63, 3.8) is 0 Å². The first-order chi connectivity index (χ1) is 10.3. The lowest BCUT2D eigenvalue weighted by Gasteiger charge is -2.29. The number of carbonyl (C=O) groups excluding carboxylic acids is 2. The van der Waals surface area contributed by atoms with E-state index in [0.717, 1.165) is 32.2 Å². The van der Waals surface area contributed by atoms with Crippen LogP contribution in [0.4, 0.5) is 4.79 Å². The number of amides is 2. The quantitative estimate of drug-likeness (QED) is 0.810. The van der Waals surface area contributed by atoms with Crippen molar-refractivity contribution in [3.8, 4) is 0 Å². The van der Waals surface area contributed by atoms with Crippen LogP contribution < -0.4 is 10.6 Å². The summed E-state index contributed by atoms with van der Waals surface area (Å²) in [7, 11) is 0. The Bertz CT molecular complexity index is 415. The first-order valence-electron chi connectivity index (χ1n) is 8.29.